The van der Waals surface area contributed by atoms with Crippen molar-refractivity contribution in [2.45, 2.75) is 19.8 Å². The Morgan fingerprint density at radius 2 is 2.20 bits per heavy atom. The quantitative estimate of drug-likeness (QED) is 0.591. The molecular weight excluding hydrogens is 188 g/mol. The Balaban J connectivity index is 2.70. The molecule has 78 valence electrons. The molecule has 0 aliphatic heterocycles. The van der Waals surface area contributed by atoms with Crippen molar-refractivity contribution >= 4 is 11.6 Å². The van der Waals surface area contributed by atoms with Crippen LogP contribution in [0.25, 0.3) is 4.85 Å². The van der Waals surface area contributed by atoms with E-state index >= 15 is 0 Å². The van der Waals surface area contributed by atoms with Crippen molar-refractivity contribution in [1.82, 2.24) is 5.32 Å². The molecule has 1 amide bonds. The van der Waals surface area contributed by atoms with Gasteiger partial charge in [-0.15, -0.1) is 0 Å². The molecule has 0 spiro atoms. The van der Waals surface area contributed by atoms with Crippen molar-refractivity contribution in [3.05, 3.63) is 41.2 Å². The number of nitrogens with one attached hydrogen (secondary N) is 1. The summed E-state index contributed by atoms with van der Waals surface area (Å²) in [5, 5.41) is 2.79. The first-order valence-corrected chi connectivity index (χ1v) is 5.04. The van der Waals surface area contributed by atoms with Crippen LogP contribution in [-0.2, 0) is 0 Å². The first-order chi connectivity index (χ1) is 7.29. The molecule has 1 aromatic rings. The molecule has 1 rings (SSSR count). The van der Waals surface area contributed by atoms with Crippen molar-refractivity contribution < 1.29 is 4.79 Å². The number of hydrogen-bond donors (Lipinski definition) is 1. The van der Waals surface area contributed by atoms with Gasteiger partial charge in [0.05, 0.1) is 6.57 Å². The van der Waals surface area contributed by atoms with E-state index in [2.05, 4.69) is 17.1 Å². The maximum absolute atomic E-state index is 11.6. The minimum absolute atomic E-state index is 0.157. The second kappa shape index (κ2) is 5.82. The van der Waals surface area contributed by atoms with E-state index < -0.39 is 0 Å². The smallest absolute Gasteiger partial charge is 0.240 e. The van der Waals surface area contributed by atoms with Gasteiger partial charge in [0.2, 0.25) is 5.91 Å². The number of amides is 1. The maximum Gasteiger partial charge on any atom is 0.240 e. The number of carbonyl (C=O) groups is 1. The van der Waals surface area contributed by atoms with Gasteiger partial charge < -0.3 is 5.32 Å². The van der Waals surface area contributed by atoms with Gasteiger partial charge in [-0.2, -0.15) is 0 Å². The zero-order chi connectivity index (χ0) is 11.1. The molecule has 0 fully saturated rings. The second-order valence-corrected chi connectivity index (χ2v) is 3.24. The third-order valence-corrected chi connectivity index (χ3v) is 2.09. The summed E-state index contributed by atoms with van der Waals surface area (Å²) in [4.78, 5) is 15.0. The lowest BCUT2D eigenvalue weighted by Crippen LogP contribution is -2.24. The normalized spacial score (nSPS) is 9.33. The highest BCUT2D eigenvalue weighted by Crippen LogP contribution is 2.17. The lowest BCUT2D eigenvalue weighted by atomic mass is 10.1. The van der Waals surface area contributed by atoms with Crippen molar-refractivity contribution in [3.8, 4) is 0 Å². The van der Waals surface area contributed by atoms with E-state index in [1.165, 1.54) is 0 Å². The monoisotopic (exact) mass is 202 g/mol. The largest absolute Gasteiger partial charge is 0.353 e. The number of nitrogens with zero attached hydrogens (tertiary/aromatic N) is 1. The van der Waals surface area contributed by atoms with Crippen LogP contribution in [0.3, 0.4) is 0 Å². The molecule has 1 aromatic carbocycles. The van der Waals surface area contributed by atoms with Crippen LogP contribution in [-0.4, -0.2) is 12.5 Å². The first kappa shape index (κ1) is 11.3. The summed E-state index contributed by atoms with van der Waals surface area (Å²) in [5.41, 5.74) is 0.870. The van der Waals surface area contributed by atoms with Gasteiger partial charge in [0.15, 0.2) is 5.69 Å². The van der Waals surface area contributed by atoms with Crippen LogP contribution in [0, 0.1) is 6.57 Å². The molecule has 0 atom stereocenters. The Morgan fingerprint density at radius 3 is 2.87 bits per heavy atom. The van der Waals surface area contributed by atoms with Crippen molar-refractivity contribution in [2.24, 2.45) is 0 Å². The van der Waals surface area contributed by atoms with Gasteiger partial charge in [-0.3, -0.25) is 4.79 Å². The average Bonchev–Trinajstić information content (AvgIpc) is 2.29. The lowest BCUT2D eigenvalue weighted by molar-refractivity contribution is 0.0954. The van der Waals surface area contributed by atoms with Crippen LogP contribution < -0.4 is 5.32 Å². The highest BCUT2D eigenvalue weighted by Gasteiger charge is 2.08. The number of para-hydroxylation sites is 1. The third kappa shape index (κ3) is 3.10. The van der Waals surface area contributed by atoms with Gasteiger partial charge in [0, 0.05) is 12.1 Å². The van der Waals surface area contributed by atoms with E-state index in [9.17, 15) is 4.79 Å². The molecule has 0 aliphatic carbocycles. The van der Waals surface area contributed by atoms with E-state index in [4.69, 9.17) is 6.57 Å². The molecule has 0 aliphatic rings. The number of hydrogen-bond acceptors (Lipinski definition) is 1. The summed E-state index contributed by atoms with van der Waals surface area (Å²) in [6.07, 6.45) is 2.01. The van der Waals surface area contributed by atoms with Gasteiger partial charge in [-0.05, 0) is 6.42 Å². The summed E-state index contributed by atoms with van der Waals surface area (Å²) < 4.78 is 0. The lowest BCUT2D eigenvalue weighted by Gasteiger charge is -2.05. The molecule has 1 N–H and O–H groups in total. The van der Waals surface area contributed by atoms with Crippen LogP contribution in [0.4, 0.5) is 5.69 Å². The molecular formula is C12H14N2O. The minimum atomic E-state index is -0.157. The predicted octanol–water partition coefficient (Wildman–Crippen LogP) is 2.77. The number of carbonyl (C=O) groups excluding carboxylic acids is 1. The zero-order valence-electron chi connectivity index (χ0n) is 8.79. The second-order valence-electron chi connectivity index (χ2n) is 3.24. The Hall–Kier alpha value is -1.82. The summed E-state index contributed by atoms with van der Waals surface area (Å²) in [6.45, 7) is 9.67. The Morgan fingerprint density at radius 1 is 1.47 bits per heavy atom. The van der Waals surface area contributed by atoms with Gasteiger partial charge in [-0.25, -0.2) is 4.85 Å². The molecule has 0 radical (unpaired) electrons. The molecule has 0 aromatic heterocycles. The highest BCUT2D eigenvalue weighted by molar-refractivity contribution is 5.99. The standard InChI is InChI=1S/C12H14N2O/c1-3-4-9-14-12(15)10-7-5-6-8-11(10)13-2/h5-8H,3-4,9H2,1H3,(H,14,15). The SMILES string of the molecule is [C-]#[N+]c1ccccc1C(=O)NCCCC. The fourth-order valence-corrected chi connectivity index (χ4v) is 1.24. The molecule has 0 saturated heterocycles. The van der Waals surface area contributed by atoms with Crippen molar-refractivity contribution in [2.75, 3.05) is 6.54 Å². The maximum atomic E-state index is 11.6. The topological polar surface area (TPSA) is 33.5 Å². The average molecular weight is 202 g/mol. The van der Waals surface area contributed by atoms with Crippen molar-refractivity contribution in [3.63, 3.8) is 0 Å². The Kier molecular flexibility index (Phi) is 4.36. The summed E-state index contributed by atoms with van der Waals surface area (Å²) >= 11 is 0. The van der Waals surface area contributed by atoms with Crippen LogP contribution in [0.2, 0.25) is 0 Å². The number of unbranched alkanes of at least 4 members (excludes halogenated alkanes) is 1. The fourth-order valence-electron chi connectivity index (χ4n) is 1.24. The Bertz CT molecular complexity index is 379. The summed E-state index contributed by atoms with van der Waals surface area (Å²) in [6, 6.07) is 6.86. The predicted molar refractivity (Wildman–Crippen MR) is 59.9 cm³/mol. The molecule has 0 heterocycles. The van der Waals surface area contributed by atoms with Crippen LogP contribution in [0.5, 0.6) is 0 Å². The van der Waals surface area contributed by atoms with E-state index in [0.717, 1.165) is 12.8 Å². The molecule has 15 heavy (non-hydrogen) atoms. The molecule has 3 heteroatoms. The minimum Gasteiger partial charge on any atom is -0.353 e. The van der Waals surface area contributed by atoms with E-state index in [-0.39, 0.29) is 5.91 Å². The highest BCUT2D eigenvalue weighted by atomic mass is 16.1. The number of rotatable bonds is 4. The summed E-state index contributed by atoms with van der Waals surface area (Å²) in [7, 11) is 0. The van der Waals surface area contributed by atoms with Crippen LogP contribution in [0.1, 0.15) is 30.1 Å². The summed E-state index contributed by atoms with van der Waals surface area (Å²) in [5.74, 6) is -0.157. The van der Waals surface area contributed by atoms with E-state index in [0.29, 0.717) is 17.8 Å². The molecule has 3 nitrogen and oxygen atoms in total. The van der Waals surface area contributed by atoms with Crippen LogP contribution >= 0.6 is 0 Å². The van der Waals surface area contributed by atoms with E-state index in [1.54, 1.807) is 24.3 Å². The molecule has 0 saturated carbocycles. The Labute approximate surface area is 89.9 Å². The van der Waals surface area contributed by atoms with Gasteiger partial charge in [0.1, 0.15) is 0 Å². The van der Waals surface area contributed by atoms with Crippen molar-refractivity contribution in [1.29, 1.82) is 0 Å². The van der Waals surface area contributed by atoms with Gasteiger partial charge in [-0.1, -0.05) is 37.6 Å². The fraction of sp³-hybridized carbons (Fsp3) is 0.333. The number of benzene rings is 1. The van der Waals surface area contributed by atoms with Crippen LogP contribution in [0.15, 0.2) is 24.3 Å². The van der Waals surface area contributed by atoms with Gasteiger partial charge in [0.25, 0.3) is 0 Å². The van der Waals surface area contributed by atoms with Gasteiger partial charge >= 0.3 is 0 Å². The zero-order valence-corrected chi connectivity index (χ0v) is 8.79. The third-order valence-electron chi connectivity index (χ3n) is 2.09. The van der Waals surface area contributed by atoms with E-state index in [1.807, 2.05) is 0 Å². The first-order valence-electron chi connectivity index (χ1n) is 5.04. The molecule has 0 bridgehead atoms. The molecule has 0 unspecified atom stereocenters.